The maximum Gasteiger partial charge on any atom is 0.323 e. The Morgan fingerprint density at radius 3 is 2.48 bits per heavy atom. The van der Waals surface area contributed by atoms with Crippen LogP contribution < -0.4 is 5.32 Å². The van der Waals surface area contributed by atoms with E-state index in [4.69, 9.17) is 9.15 Å². The molecule has 0 unspecified atom stereocenters. The van der Waals surface area contributed by atoms with E-state index >= 15 is 0 Å². The van der Waals surface area contributed by atoms with E-state index in [2.05, 4.69) is 5.32 Å². The van der Waals surface area contributed by atoms with Gasteiger partial charge in [0, 0.05) is 14.1 Å². The van der Waals surface area contributed by atoms with Crippen molar-refractivity contribution in [1.29, 1.82) is 0 Å². The Balaban J connectivity index is 2.78. The van der Waals surface area contributed by atoms with E-state index in [0.29, 0.717) is 5.76 Å². The molecule has 1 aromatic rings. The quantitative estimate of drug-likeness (QED) is 0.749. The smallest absolute Gasteiger partial charge is 0.323 e. The zero-order valence-electron chi connectivity index (χ0n) is 12.9. The molecule has 1 rings (SSSR count). The summed E-state index contributed by atoms with van der Waals surface area (Å²) >= 11 is 0. The zero-order valence-corrected chi connectivity index (χ0v) is 13.7. The second kappa shape index (κ2) is 7.06. The molecule has 1 aromatic heterocycles. The van der Waals surface area contributed by atoms with Crippen LogP contribution in [0.25, 0.3) is 0 Å². The highest BCUT2D eigenvalue weighted by Crippen LogP contribution is 2.17. The molecule has 0 aliphatic carbocycles. The molecule has 0 radical (unpaired) electrons. The van der Waals surface area contributed by atoms with Gasteiger partial charge in [-0.05, 0) is 18.1 Å². The van der Waals surface area contributed by atoms with Crippen molar-refractivity contribution in [2.45, 2.75) is 31.5 Å². The van der Waals surface area contributed by atoms with Crippen molar-refractivity contribution in [2.75, 3.05) is 21.2 Å². The standard InChI is InChI=1S/C13H22N2O5S/c1-9(2)12(13(16)19-5)14-8-10-6-7-11(20-10)21(17,18)15(3)4/h6-7,9,12,14H,8H2,1-5H3/t12-/m0/s1. The average molecular weight is 318 g/mol. The first-order valence-electron chi connectivity index (χ1n) is 6.52. The maximum absolute atomic E-state index is 11.9. The van der Waals surface area contributed by atoms with Gasteiger partial charge < -0.3 is 9.15 Å². The van der Waals surface area contributed by atoms with Crippen LogP contribution in [0.3, 0.4) is 0 Å². The van der Waals surface area contributed by atoms with Gasteiger partial charge in [0.1, 0.15) is 11.8 Å². The van der Waals surface area contributed by atoms with Crippen LogP contribution in [0.1, 0.15) is 19.6 Å². The molecule has 21 heavy (non-hydrogen) atoms. The number of hydrogen-bond acceptors (Lipinski definition) is 6. The fourth-order valence-corrected chi connectivity index (χ4v) is 2.51. The summed E-state index contributed by atoms with van der Waals surface area (Å²) in [6.45, 7) is 4.01. The molecule has 0 aromatic carbocycles. The number of sulfonamides is 1. The molecule has 7 nitrogen and oxygen atoms in total. The van der Waals surface area contributed by atoms with Gasteiger partial charge in [-0.3, -0.25) is 10.1 Å². The van der Waals surface area contributed by atoms with Crippen LogP contribution >= 0.6 is 0 Å². The topological polar surface area (TPSA) is 88.8 Å². The molecule has 0 amide bonds. The van der Waals surface area contributed by atoms with Gasteiger partial charge in [0.15, 0.2) is 0 Å². The lowest BCUT2D eigenvalue weighted by atomic mass is 10.0. The van der Waals surface area contributed by atoms with Gasteiger partial charge in [-0.1, -0.05) is 13.8 Å². The van der Waals surface area contributed by atoms with Crippen molar-refractivity contribution in [3.05, 3.63) is 17.9 Å². The van der Waals surface area contributed by atoms with Gasteiger partial charge >= 0.3 is 5.97 Å². The number of esters is 1. The fraction of sp³-hybridized carbons (Fsp3) is 0.615. The molecule has 0 saturated heterocycles. The number of carbonyl (C=O) groups excluding carboxylic acids is 1. The molecule has 1 heterocycles. The number of furan rings is 1. The minimum Gasteiger partial charge on any atom is -0.468 e. The molecule has 0 bridgehead atoms. The summed E-state index contributed by atoms with van der Waals surface area (Å²) < 4.78 is 34.9. The van der Waals surface area contributed by atoms with Gasteiger partial charge in [0.05, 0.1) is 13.7 Å². The lowest BCUT2D eigenvalue weighted by Crippen LogP contribution is -2.41. The fourth-order valence-electron chi connectivity index (χ4n) is 1.70. The Kier molecular flexibility index (Phi) is 5.94. The zero-order chi connectivity index (χ0) is 16.2. The molecule has 0 aliphatic rings. The number of methoxy groups -OCH3 is 1. The molecule has 1 atom stereocenters. The summed E-state index contributed by atoms with van der Waals surface area (Å²) in [4.78, 5) is 11.6. The first-order chi connectivity index (χ1) is 9.70. The van der Waals surface area contributed by atoms with Crippen molar-refractivity contribution >= 4 is 16.0 Å². The highest BCUT2D eigenvalue weighted by Gasteiger charge is 2.24. The molecule has 0 spiro atoms. The Morgan fingerprint density at radius 1 is 1.38 bits per heavy atom. The molecular formula is C13H22N2O5S. The second-order valence-electron chi connectivity index (χ2n) is 5.13. The van der Waals surface area contributed by atoms with Crippen LogP contribution in [0.4, 0.5) is 0 Å². The maximum atomic E-state index is 11.9. The highest BCUT2D eigenvalue weighted by atomic mass is 32.2. The van der Waals surface area contributed by atoms with E-state index in [9.17, 15) is 13.2 Å². The molecular weight excluding hydrogens is 296 g/mol. The second-order valence-corrected chi connectivity index (χ2v) is 7.22. The number of nitrogens with one attached hydrogen (secondary N) is 1. The summed E-state index contributed by atoms with van der Waals surface area (Å²) in [5, 5.41) is 2.88. The van der Waals surface area contributed by atoms with Crippen molar-refractivity contribution in [3.63, 3.8) is 0 Å². The molecule has 0 saturated carbocycles. The van der Waals surface area contributed by atoms with E-state index < -0.39 is 16.1 Å². The SMILES string of the molecule is COC(=O)[C@@H](NCc1ccc(S(=O)(=O)N(C)C)o1)C(C)C. The Bertz CT molecular complexity index is 577. The summed E-state index contributed by atoms with van der Waals surface area (Å²) in [5.41, 5.74) is 0. The van der Waals surface area contributed by atoms with Crippen molar-refractivity contribution in [2.24, 2.45) is 5.92 Å². The van der Waals surface area contributed by atoms with E-state index in [1.807, 2.05) is 13.8 Å². The van der Waals surface area contributed by atoms with E-state index in [1.165, 1.54) is 27.3 Å². The Morgan fingerprint density at radius 2 is 2.00 bits per heavy atom. The van der Waals surface area contributed by atoms with E-state index in [0.717, 1.165) is 4.31 Å². The van der Waals surface area contributed by atoms with Gasteiger partial charge in [0.2, 0.25) is 5.09 Å². The molecule has 0 aliphatic heterocycles. The van der Waals surface area contributed by atoms with E-state index in [-0.39, 0.29) is 23.5 Å². The van der Waals surface area contributed by atoms with Crippen LogP contribution in [0, 0.1) is 5.92 Å². The van der Waals surface area contributed by atoms with Gasteiger partial charge in [-0.2, -0.15) is 0 Å². The van der Waals surface area contributed by atoms with Crippen LogP contribution in [-0.2, 0) is 26.1 Å². The third kappa shape index (κ3) is 4.29. The molecule has 120 valence electrons. The third-order valence-electron chi connectivity index (χ3n) is 2.99. The van der Waals surface area contributed by atoms with Crippen molar-refractivity contribution in [3.8, 4) is 0 Å². The van der Waals surface area contributed by atoms with Crippen LogP contribution in [0.15, 0.2) is 21.6 Å². The number of ether oxygens (including phenoxy) is 1. The first kappa shape index (κ1) is 17.7. The lowest BCUT2D eigenvalue weighted by molar-refractivity contribution is -0.144. The molecule has 1 N–H and O–H groups in total. The number of hydrogen-bond donors (Lipinski definition) is 1. The van der Waals surface area contributed by atoms with Crippen molar-refractivity contribution in [1.82, 2.24) is 9.62 Å². The summed E-state index contributed by atoms with van der Waals surface area (Å²) in [6.07, 6.45) is 0. The Hall–Kier alpha value is -1.38. The van der Waals surface area contributed by atoms with Gasteiger partial charge in [0.25, 0.3) is 10.0 Å². The predicted octanol–water partition coefficient (Wildman–Crippen LogP) is 0.817. The Labute approximate surface area is 125 Å². The number of carbonyl (C=O) groups is 1. The minimum atomic E-state index is -3.58. The molecule has 0 fully saturated rings. The van der Waals surface area contributed by atoms with Gasteiger partial charge in [-0.15, -0.1) is 0 Å². The summed E-state index contributed by atoms with van der Waals surface area (Å²) in [6, 6.07) is 2.49. The largest absolute Gasteiger partial charge is 0.468 e. The van der Waals surface area contributed by atoms with Crippen molar-refractivity contribution < 1.29 is 22.4 Å². The summed E-state index contributed by atoms with van der Waals surface area (Å²) in [5.74, 6) is 0.111. The normalized spacial score (nSPS) is 13.7. The average Bonchev–Trinajstić information content (AvgIpc) is 2.87. The molecule has 8 heteroatoms. The van der Waals surface area contributed by atoms with Crippen LogP contribution in [0.5, 0.6) is 0 Å². The lowest BCUT2D eigenvalue weighted by Gasteiger charge is -2.19. The monoisotopic (exact) mass is 318 g/mol. The van der Waals surface area contributed by atoms with E-state index in [1.54, 1.807) is 6.07 Å². The number of nitrogens with zero attached hydrogens (tertiary/aromatic N) is 1. The third-order valence-corrected chi connectivity index (χ3v) is 4.68. The van der Waals surface area contributed by atoms with Gasteiger partial charge in [-0.25, -0.2) is 12.7 Å². The predicted molar refractivity (Wildman–Crippen MR) is 77.1 cm³/mol. The number of rotatable bonds is 7. The minimum absolute atomic E-state index is 0.0393. The highest BCUT2D eigenvalue weighted by molar-refractivity contribution is 7.88. The van der Waals surface area contributed by atoms with Crippen LogP contribution in [0.2, 0.25) is 0 Å². The first-order valence-corrected chi connectivity index (χ1v) is 7.96. The summed E-state index contributed by atoms with van der Waals surface area (Å²) in [7, 11) is 0.607. The van der Waals surface area contributed by atoms with Crippen LogP contribution in [-0.4, -0.2) is 45.9 Å².